The maximum Gasteiger partial charge on any atom is 0.0991 e. The van der Waals surface area contributed by atoms with Gasteiger partial charge in [0.05, 0.1) is 11.6 Å². The molecule has 0 saturated carbocycles. The Morgan fingerprint density at radius 3 is 3.00 bits per heavy atom. The summed E-state index contributed by atoms with van der Waals surface area (Å²) in [6, 6.07) is 10.5. The van der Waals surface area contributed by atoms with Crippen LogP contribution >= 0.6 is 0 Å². The Hall–Kier alpha value is -1.41. The van der Waals surface area contributed by atoms with Crippen LogP contribution in [0.15, 0.2) is 24.3 Å². The number of benzene rings is 1. The summed E-state index contributed by atoms with van der Waals surface area (Å²) >= 11 is 0. The number of likely N-dealkylation sites (N-methyl/N-ethyl adjacent to an activating group) is 2. The predicted molar refractivity (Wildman–Crippen MR) is 76.8 cm³/mol. The number of hydrogen-bond acceptors (Lipinski definition) is 4. The van der Waals surface area contributed by atoms with Crippen molar-refractivity contribution in [2.45, 2.75) is 12.6 Å². The number of hydrogen-bond donors (Lipinski definition) is 1. The van der Waals surface area contributed by atoms with Crippen molar-refractivity contribution in [3.05, 3.63) is 35.4 Å². The van der Waals surface area contributed by atoms with Crippen LogP contribution in [-0.4, -0.2) is 56.1 Å². The van der Waals surface area contributed by atoms with Crippen LogP contribution in [0.4, 0.5) is 0 Å². The first-order valence-electron chi connectivity index (χ1n) is 6.77. The van der Waals surface area contributed by atoms with Crippen molar-refractivity contribution >= 4 is 0 Å². The van der Waals surface area contributed by atoms with E-state index in [4.69, 9.17) is 5.26 Å². The largest absolute Gasteiger partial charge is 0.311 e. The third-order valence-corrected chi connectivity index (χ3v) is 3.75. The van der Waals surface area contributed by atoms with Crippen molar-refractivity contribution in [3.63, 3.8) is 0 Å². The number of rotatable bonds is 4. The van der Waals surface area contributed by atoms with Crippen molar-refractivity contribution in [1.82, 2.24) is 15.1 Å². The van der Waals surface area contributed by atoms with Gasteiger partial charge in [0, 0.05) is 38.8 Å². The van der Waals surface area contributed by atoms with E-state index < -0.39 is 0 Å². The van der Waals surface area contributed by atoms with Gasteiger partial charge in [0.25, 0.3) is 0 Å². The van der Waals surface area contributed by atoms with Crippen LogP contribution in [0.25, 0.3) is 0 Å². The fraction of sp³-hybridized carbons (Fsp3) is 0.533. The number of piperazine rings is 1. The summed E-state index contributed by atoms with van der Waals surface area (Å²) in [4.78, 5) is 4.79. The van der Waals surface area contributed by atoms with Crippen LogP contribution in [-0.2, 0) is 6.54 Å². The molecule has 0 aliphatic carbocycles. The van der Waals surface area contributed by atoms with Gasteiger partial charge in [-0.05, 0) is 31.8 Å². The maximum atomic E-state index is 8.87. The Morgan fingerprint density at radius 1 is 1.37 bits per heavy atom. The molecule has 1 aromatic rings. The van der Waals surface area contributed by atoms with Gasteiger partial charge in [-0.1, -0.05) is 12.1 Å². The molecule has 4 nitrogen and oxygen atoms in total. The zero-order valence-electron chi connectivity index (χ0n) is 11.8. The zero-order valence-corrected chi connectivity index (χ0v) is 11.8. The van der Waals surface area contributed by atoms with E-state index in [-0.39, 0.29) is 0 Å². The summed E-state index contributed by atoms with van der Waals surface area (Å²) in [6.45, 7) is 5.20. The molecule has 2 rings (SSSR count). The van der Waals surface area contributed by atoms with Crippen LogP contribution in [0, 0.1) is 11.3 Å². The van der Waals surface area contributed by atoms with Gasteiger partial charge in [0.15, 0.2) is 0 Å². The summed E-state index contributed by atoms with van der Waals surface area (Å²) in [6.07, 6.45) is 0. The second-order valence-electron chi connectivity index (χ2n) is 5.34. The second kappa shape index (κ2) is 6.67. The Kier molecular flexibility index (Phi) is 4.92. The minimum atomic E-state index is 0.567. The van der Waals surface area contributed by atoms with E-state index in [2.05, 4.69) is 41.3 Å². The smallest absolute Gasteiger partial charge is 0.0991 e. The molecule has 1 heterocycles. The number of nitriles is 1. The lowest BCUT2D eigenvalue weighted by Crippen LogP contribution is -2.53. The SMILES string of the molecule is CN1CCN(C)C(CNCc2cccc(C#N)c2)C1. The van der Waals surface area contributed by atoms with Crippen LogP contribution in [0.1, 0.15) is 11.1 Å². The van der Waals surface area contributed by atoms with Gasteiger partial charge in [-0.25, -0.2) is 0 Å². The summed E-state index contributed by atoms with van der Waals surface area (Å²) in [5, 5.41) is 12.4. The molecule has 1 aromatic carbocycles. The molecule has 1 N–H and O–H groups in total. The average molecular weight is 258 g/mol. The molecule has 0 bridgehead atoms. The van der Waals surface area contributed by atoms with Crippen LogP contribution in [0.3, 0.4) is 0 Å². The molecular formula is C15H22N4. The quantitative estimate of drug-likeness (QED) is 0.871. The van der Waals surface area contributed by atoms with Crippen molar-refractivity contribution in [2.75, 3.05) is 40.3 Å². The van der Waals surface area contributed by atoms with Gasteiger partial charge in [-0.3, -0.25) is 4.90 Å². The molecule has 0 amide bonds. The number of nitrogens with one attached hydrogen (secondary N) is 1. The van der Waals surface area contributed by atoms with Crippen LogP contribution in [0.5, 0.6) is 0 Å². The van der Waals surface area contributed by atoms with Crippen molar-refractivity contribution in [2.24, 2.45) is 0 Å². The summed E-state index contributed by atoms with van der Waals surface area (Å²) in [5.41, 5.74) is 1.90. The van der Waals surface area contributed by atoms with Crippen molar-refractivity contribution in [1.29, 1.82) is 5.26 Å². The molecule has 0 spiro atoms. The average Bonchev–Trinajstić information content (AvgIpc) is 2.43. The monoisotopic (exact) mass is 258 g/mol. The fourth-order valence-electron chi connectivity index (χ4n) is 2.46. The van der Waals surface area contributed by atoms with Crippen LogP contribution in [0.2, 0.25) is 0 Å². The molecule has 1 aliphatic heterocycles. The van der Waals surface area contributed by atoms with Gasteiger partial charge in [-0.15, -0.1) is 0 Å². The van der Waals surface area contributed by atoms with Gasteiger partial charge in [0.2, 0.25) is 0 Å². The van der Waals surface area contributed by atoms with E-state index in [9.17, 15) is 0 Å². The van der Waals surface area contributed by atoms with Gasteiger partial charge >= 0.3 is 0 Å². The standard InChI is InChI=1S/C15H22N4/c1-18-6-7-19(2)15(12-18)11-17-10-14-5-3-4-13(8-14)9-16/h3-5,8,15,17H,6-7,10-12H2,1-2H3. The molecule has 1 aliphatic rings. The maximum absolute atomic E-state index is 8.87. The van der Waals surface area contributed by atoms with Gasteiger partial charge < -0.3 is 10.2 Å². The molecule has 0 radical (unpaired) electrons. The highest BCUT2D eigenvalue weighted by atomic mass is 15.3. The predicted octanol–water partition coefficient (Wildman–Crippen LogP) is 0.894. The van der Waals surface area contributed by atoms with Gasteiger partial charge in [-0.2, -0.15) is 5.26 Å². The Morgan fingerprint density at radius 2 is 2.21 bits per heavy atom. The van der Waals surface area contributed by atoms with E-state index in [1.54, 1.807) is 0 Å². The Labute approximate surface area is 115 Å². The lowest BCUT2D eigenvalue weighted by atomic mass is 10.1. The highest BCUT2D eigenvalue weighted by Gasteiger charge is 2.21. The highest BCUT2D eigenvalue weighted by Crippen LogP contribution is 2.06. The Bertz CT molecular complexity index is 452. The lowest BCUT2D eigenvalue weighted by molar-refractivity contribution is 0.113. The van der Waals surface area contributed by atoms with E-state index in [1.807, 2.05) is 18.2 Å². The van der Waals surface area contributed by atoms with E-state index in [1.165, 1.54) is 5.56 Å². The van der Waals surface area contributed by atoms with E-state index in [0.29, 0.717) is 6.04 Å². The molecular weight excluding hydrogens is 236 g/mol. The third-order valence-electron chi connectivity index (χ3n) is 3.75. The summed E-state index contributed by atoms with van der Waals surface area (Å²) in [5.74, 6) is 0. The van der Waals surface area contributed by atoms with Crippen molar-refractivity contribution < 1.29 is 0 Å². The number of nitrogens with zero attached hydrogens (tertiary/aromatic N) is 3. The molecule has 0 aromatic heterocycles. The lowest BCUT2D eigenvalue weighted by Gasteiger charge is -2.37. The molecule has 1 fully saturated rings. The van der Waals surface area contributed by atoms with Crippen molar-refractivity contribution in [3.8, 4) is 6.07 Å². The second-order valence-corrected chi connectivity index (χ2v) is 5.34. The molecule has 1 saturated heterocycles. The minimum absolute atomic E-state index is 0.567. The van der Waals surface area contributed by atoms with Gasteiger partial charge in [0.1, 0.15) is 0 Å². The van der Waals surface area contributed by atoms with E-state index in [0.717, 1.165) is 38.3 Å². The molecule has 4 heteroatoms. The third kappa shape index (κ3) is 4.03. The highest BCUT2D eigenvalue weighted by molar-refractivity contribution is 5.32. The molecule has 1 atom stereocenters. The Balaban J connectivity index is 1.81. The first kappa shape index (κ1) is 14.0. The first-order chi connectivity index (χ1) is 9.19. The minimum Gasteiger partial charge on any atom is -0.311 e. The summed E-state index contributed by atoms with van der Waals surface area (Å²) < 4.78 is 0. The zero-order chi connectivity index (χ0) is 13.7. The normalized spacial score (nSPS) is 21.2. The molecule has 19 heavy (non-hydrogen) atoms. The fourth-order valence-corrected chi connectivity index (χ4v) is 2.46. The first-order valence-corrected chi connectivity index (χ1v) is 6.77. The van der Waals surface area contributed by atoms with Crippen LogP contribution < -0.4 is 5.32 Å². The summed E-state index contributed by atoms with van der Waals surface area (Å²) in [7, 11) is 4.37. The topological polar surface area (TPSA) is 42.3 Å². The molecule has 102 valence electrons. The van der Waals surface area contributed by atoms with E-state index >= 15 is 0 Å². The molecule has 1 unspecified atom stereocenters.